The Morgan fingerprint density at radius 3 is 2.79 bits per heavy atom. The summed E-state index contributed by atoms with van der Waals surface area (Å²) in [6, 6.07) is 7.83. The Hall–Kier alpha value is -1.75. The summed E-state index contributed by atoms with van der Waals surface area (Å²) in [4.78, 5) is 13.3. The predicted molar refractivity (Wildman–Crippen MR) is 78.7 cm³/mol. The van der Waals surface area contributed by atoms with Crippen molar-refractivity contribution in [3.05, 3.63) is 41.7 Å². The summed E-state index contributed by atoms with van der Waals surface area (Å²) in [5, 5.41) is 7.04. The van der Waals surface area contributed by atoms with E-state index in [1.54, 1.807) is 22.6 Å². The van der Waals surface area contributed by atoms with Gasteiger partial charge in [0.2, 0.25) is 0 Å². The van der Waals surface area contributed by atoms with Crippen LogP contribution in [0.1, 0.15) is 23.0 Å². The number of hydrogen-bond donors (Lipinski definition) is 1. The fourth-order valence-electron chi connectivity index (χ4n) is 1.76. The van der Waals surface area contributed by atoms with Crippen molar-refractivity contribution < 1.29 is 4.79 Å². The molecule has 0 aliphatic carbocycles. The molecule has 4 nitrogen and oxygen atoms in total. The quantitative estimate of drug-likeness (QED) is 0.872. The molecule has 0 saturated carbocycles. The normalized spacial score (nSPS) is 10.5. The number of para-hydroxylation sites is 1. The Bertz CT molecular complexity index is 592. The Labute approximate surface area is 117 Å². The Balaban J connectivity index is 2.22. The molecule has 0 aliphatic heterocycles. The van der Waals surface area contributed by atoms with Crippen LogP contribution in [0.15, 0.2) is 35.4 Å². The van der Waals surface area contributed by atoms with Gasteiger partial charge in [0, 0.05) is 17.6 Å². The van der Waals surface area contributed by atoms with Crippen LogP contribution in [0.25, 0.3) is 0 Å². The molecule has 0 bridgehead atoms. The van der Waals surface area contributed by atoms with Crippen LogP contribution < -0.4 is 5.32 Å². The van der Waals surface area contributed by atoms with Gasteiger partial charge in [0.15, 0.2) is 0 Å². The number of amides is 1. The van der Waals surface area contributed by atoms with Crippen LogP contribution in [0.2, 0.25) is 0 Å². The molecule has 0 spiro atoms. The molecule has 0 radical (unpaired) electrons. The lowest BCUT2D eigenvalue weighted by molar-refractivity contribution is 0.102. The van der Waals surface area contributed by atoms with Gasteiger partial charge in [0.05, 0.1) is 17.4 Å². The highest BCUT2D eigenvalue weighted by atomic mass is 32.2. The maximum Gasteiger partial charge on any atom is 0.259 e. The summed E-state index contributed by atoms with van der Waals surface area (Å²) in [6.07, 6.45) is 1.60. The molecule has 0 fully saturated rings. The number of aromatic nitrogens is 2. The van der Waals surface area contributed by atoms with Gasteiger partial charge in [-0.1, -0.05) is 19.1 Å². The largest absolute Gasteiger partial charge is 0.321 e. The average Bonchev–Trinajstić information content (AvgIpc) is 2.73. The summed E-state index contributed by atoms with van der Waals surface area (Å²) in [5.41, 5.74) is 2.32. The monoisotopic (exact) mass is 275 g/mol. The molecule has 1 heterocycles. The van der Waals surface area contributed by atoms with Crippen LogP contribution in [0.5, 0.6) is 0 Å². The van der Waals surface area contributed by atoms with E-state index in [9.17, 15) is 4.79 Å². The molecule has 1 aromatic heterocycles. The van der Waals surface area contributed by atoms with Crippen molar-refractivity contribution in [3.63, 3.8) is 0 Å². The fraction of sp³-hybridized carbons (Fsp3) is 0.286. The Morgan fingerprint density at radius 2 is 2.16 bits per heavy atom. The molecule has 100 valence electrons. The van der Waals surface area contributed by atoms with Gasteiger partial charge in [0.1, 0.15) is 0 Å². The minimum Gasteiger partial charge on any atom is -0.321 e. The van der Waals surface area contributed by atoms with Gasteiger partial charge in [-0.15, -0.1) is 11.8 Å². The number of thioether (sulfide) groups is 1. The van der Waals surface area contributed by atoms with Crippen LogP contribution in [0, 0.1) is 6.92 Å². The highest BCUT2D eigenvalue weighted by Crippen LogP contribution is 2.27. The smallest absolute Gasteiger partial charge is 0.259 e. The third kappa shape index (κ3) is 2.98. The van der Waals surface area contributed by atoms with E-state index in [2.05, 4.69) is 17.3 Å². The number of carbonyl (C=O) groups excluding carboxylic acids is 1. The standard InChI is InChI=1S/C14H17N3OS/c1-4-19-13-8-6-5-7-12(13)16-14(18)11-9-15-17(3)10(11)2/h5-9H,4H2,1-3H3,(H,16,18). The lowest BCUT2D eigenvalue weighted by atomic mass is 10.2. The number of aryl methyl sites for hydroxylation is 1. The minimum absolute atomic E-state index is 0.116. The summed E-state index contributed by atoms with van der Waals surface area (Å²) in [6.45, 7) is 3.98. The molecular formula is C14H17N3OS. The van der Waals surface area contributed by atoms with Crippen molar-refractivity contribution in [1.82, 2.24) is 9.78 Å². The third-order valence-electron chi connectivity index (χ3n) is 2.91. The zero-order chi connectivity index (χ0) is 13.8. The molecule has 0 aliphatic rings. The topological polar surface area (TPSA) is 46.9 Å². The molecule has 0 unspecified atom stereocenters. The predicted octanol–water partition coefficient (Wildman–Crippen LogP) is 3.09. The number of anilines is 1. The molecule has 2 aromatic rings. The minimum atomic E-state index is -0.116. The number of carbonyl (C=O) groups is 1. The molecule has 19 heavy (non-hydrogen) atoms. The summed E-state index contributed by atoms with van der Waals surface area (Å²) in [5.74, 6) is 0.855. The second kappa shape index (κ2) is 5.93. The number of rotatable bonds is 4. The molecule has 1 amide bonds. The van der Waals surface area contributed by atoms with E-state index >= 15 is 0 Å². The van der Waals surface area contributed by atoms with Crippen LogP contribution in [0.3, 0.4) is 0 Å². The molecule has 1 aromatic carbocycles. The second-order valence-corrected chi connectivity index (χ2v) is 5.46. The fourth-order valence-corrected chi connectivity index (χ4v) is 2.52. The SMILES string of the molecule is CCSc1ccccc1NC(=O)c1cnn(C)c1C. The van der Waals surface area contributed by atoms with E-state index in [-0.39, 0.29) is 5.91 Å². The van der Waals surface area contributed by atoms with Crippen molar-refractivity contribution in [2.45, 2.75) is 18.7 Å². The maximum absolute atomic E-state index is 12.2. The lowest BCUT2D eigenvalue weighted by Gasteiger charge is -2.09. The summed E-state index contributed by atoms with van der Waals surface area (Å²) in [7, 11) is 1.83. The molecule has 2 rings (SSSR count). The molecule has 1 N–H and O–H groups in total. The van der Waals surface area contributed by atoms with Gasteiger partial charge < -0.3 is 5.32 Å². The maximum atomic E-state index is 12.2. The first-order chi connectivity index (χ1) is 9.13. The Morgan fingerprint density at radius 1 is 1.42 bits per heavy atom. The van der Waals surface area contributed by atoms with E-state index in [1.807, 2.05) is 38.2 Å². The average molecular weight is 275 g/mol. The first-order valence-electron chi connectivity index (χ1n) is 6.15. The van der Waals surface area contributed by atoms with Gasteiger partial charge in [-0.05, 0) is 24.8 Å². The molecular weight excluding hydrogens is 258 g/mol. The van der Waals surface area contributed by atoms with Crippen LogP contribution in [-0.2, 0) is 7.05 Å². The van der Waals surface area contributed by atoms with Crippen LogP contribution >= 0.6 is 11.8 Å². The highest BCUT2D eigenvalue weighted by Gasteiger charge is 2.14. The number of benzene rings is 1. The van der Waals surface area contributed by atoms with Gasteiger partial charge in [0.25, 0.3) is 5.91 Å². The molecule has 0 saturated heterocycles. The first-order valence-corrected chi connectivity index (χ1v) is 7.13. The van der Waals surface area contributed by atoms with E-state index in [1.165, 1.54) is 0 Å². The van der Waals surface area contributed by atoms with Crippen molar-refractivity contribution in [1.29, 1.82) is 0 Å². The van der Waals surface area contributed by atoms with Crippen molar-refractivity contribution in [2.75, 3.05) is 11.1 Å². The van der Waals surface area contributed by atoms with E-state index in [4.69, 9.17) is 0 Å². The van der Waals surface area contributed by atoms with E-state index in [0.717, 1.165) is 22.0 Å². The first kappa shape index (κ1) is 13.7. The summed E-state index contributed by atoms with van der Waals surface area (Å²) >= 11 is 1.71. The second-order valence-electron chi connectivity index (χ2n) is 4.15. The van der Waals surface area contributed by atoms with Crippen LogP contribution in [-0.4, -0.2) is 21.4 Å². The van der Waals surface area contributed by atoms with E-state index < -0.39 is 0 Å². The number of nitrogens with one attached hydrogen (secondary N) is 1. The zero-order valence-electron chi connectivity index (χ0n) is 11.3. The highest BCUT2D eigenvalue weighted by molar-refractivity contribution is 7.99. The third-order valence-corrected chi connectivity index (χ3v) is 3.87. The van der Waals surface area contributed by atoms with Crippen molar-refractivity contribution in [2.24, 2.45) is 7.05 Å². The number of nitrogens with zero attached hydrogens (tertiary/aromatic N) is 2. The van der Waals surface area contributed by atoms with Gasteiger partial charge >= 0.3 is 0 Å². The van der Waals surface area contributed by atoms with Gasteiger partial charge in [-0.3, -0.25) is 9.48 Å². The lowest BCUT2D eigenvalue weighted by Crippen LogP contribution is -2.13. The van der Waals surface area contributed by atoms with Crippen LogP contribution in [0.4, 0.5) is 5.69 Å². The molecule has 0 atom stereocenters. The summed E-state index contributed by atoms with van der Waals surface area (Å²) < 4.78 is 1.70. The number of hydrogen-bond acceptors (Lipinski definition) is 3. The zero-order valence-corrected chi connectivity index (χ0v) is 12.1. The van der Waals surface area contributed by atoms with Crippen molar-refractivity contribution in [3.8, 4) is 0 Å². The van der Waals surface area contributed by atoms with Gasteiger partial charge in [-0.2, -0.15) is 5.10 Å². The Kier molecular flexibility index (Phi) is 4.27. The molecule has 5 heteroatoms. The van der Waals surface area contributed by atoms with Gasteiger partial charge in [-0.25, -0.2) is 0 Å². The van der Waals surface area contributed by atoms with Crippen molar-refractivity contribution >= 4 is 23.4 Å². The van der Waals surface area contributed by atoms with E-state index in [0.29, 0.717) is 5.56 Å².